The summed E-state index contributed by atoms with van der Waals surface area (Å²) in [6.07, 6.45) is 0. The van der Waals surface area contributed by atoms with Gasteiger partial charge in [0, 0.05) is 33.4 Å². The molecule has 8 aromatic rings. The largest absolute Gasteiger partial charge is 0.228 e. The van der Waals surface area contributed by atoms with Gasteiger partial charge in [-0.05, 0) is 16.8 Å². The van der Waals surface area contributed by atoms with Crippen molar-refractivity contribution < 1.29 is 0 Å². The van der Waals surface area contributed by atoms with Crippen LogP contribution in [-0.4, -0.2) is 24.9 Å². The molecule has 5 heteroatoms. The minimum Gasteiger partial charge on any atom is -0.228 e. The third kappa shape index (κ3) is 5.31. The summed E-state index contributed by atoms with van der Waals surface area (Å²) in [5, 5.41) is 2.09. The van der Waals surface area contributed by atoms with Crippen LogP contribution in [0.25, 0.3) is 78.8 Å². The standard InChI is InChI=1S/C41H27N5/c1-5-15-28(16-6-1)36-27-37(43-38(42-36)29-17-7-2-8-18-29)34-25-13-24-33-32(34)23-14-26-35(33)41-45-39(30-19-9-3-10-20-30)44-40(46-41)31-21-11-4-12-22-31/h1-27H. The second-order valence-corrected chi connectivity index (χ2v) is 10.9. The molecule has 2 aromatic heterocycles. The van der Waals surface area contributed by atoms with Gasteiger partial charge in [0.2, 0.25) is 0 Å². The van der Waals surface area contributed by atoms with E-state index in [2.05, 4.69) is 54.6 Å². The number of nitrogens with zero attached hydrogens (tertiary/aromatic N) is 5. The zero-order valence-corrected chi connectivity index (χ0v) is 24.8. The second-order valence-electron chi connectivity index (χ2n) is 10.9. The number of fused-ring (bicyclic) bond motifs is 1. The summed E-state index contributed by atoms with van der Waals surface area (Å²) >= 11 is 0. The van der Waals surface area contributed by atoms with Crippen LogP contribution in [0.1, 0.15) is 0 Å². The monoisotopic (exact) mass is 589 g/mol. The van der Waals surface area contributed by atoms with E-state index in [1.807, 2.05) is 109 Å². The molecule has 5 nitrogen and oxygen atoms in total. The Morgan fingerprint density at radius 1 is 0.261 bits per heavy atom. The van der Waals surface area contributed by atoms with Crippen molar-refractivity contribution in [2.45, 2.75) is 0 Å². The van der Waals surface area contributed by atoms with Gasteiger partial charge in [0.25, 0.3) is 0 Å². The molecule has 0 bridgehead atoms. The van der Waals surface area contributed by atoms with Gasteiger partial charge >= 0.3 is 0 Å². The highest BCUT2D eigenvalue weighted by Gasteiger charge is 2.17. The zero-order chi connectivity index (χ0) is 30.7. The van der Waals surface area contributed by atoms with Crippen molar-refractivity contribution in [1.29, 1.82) is 0 Å². The summed E-state index contributed by atoms with van der Waals surface area (Å²) in [5.41, 5.74) is 7.54. The smallest absolute Gasteiger partial charge is 0.164 e. The van der Waals surface area contributed by atoms with Crippen molar-refractivity contribution in [3.63, 3.8) is 0 Å². The topological polar surface area (TPSA) is 64.5 Å². The number of rotatable bonds is 6. The Kier molecular flexibility index (Phi) is 7.09. The SMILES string of the molecule is c1ccc(-c2cc(-c3cccc4c(-c5nc(-c6ccccc6)nc(-c6ccccc6)n5)cccc34)nc(-c3ccccc3)n2)cc1. The maximum atomic E-state index is 5.11. The summed E-state index contributed by atoms with van der Waals surface area (Å²) in [4.78, 5) is 25.0. The Balaban J connectivity index is 1.33. The Bertz CT molecular complexity index is 2010. The van der Waals surface area contributed by atoms with E-state index in [0.29, 0.717) is 23.3 Å². The lowest BCUT2D eigenvalue weighted by Gasteiger charge is -2.13. The Hall–Kier alpha value is -6.33. The van der Waals surface area contributed by atoms with E-state index >= 15 is 0 Å². The lowest BCUT2D eigenvalue weighted by molar-refractivity contribution is 1.08. The van der Waals surface area contributed by atoms with Gasteiger partial charge in [-0.2, -0.15) is 0 Å². The fourth-order valence-electron chi connectivity index (χ4n) is 5.72. The molecule has 2 heterocycles. The van der Waals surface area contributed by atoms with Crippen LogP contribution < -0.4 is 0 Å². The van der Waals surface area contributed by atoms with Crippen LogP contribution in [0, 0.1) is 0 Å². The van der Waals surface area contributed by atoms with E-state index in [9.17, 15) is 0 Å². The molecule has 46 heavy (non-hydrogen) atoms. The molecular formula is C41H27N5. The van der Waals surface area contributed by atoms with Gasteiger partial charge in [0.1, 0.15) is 0 Å². The van der Waals surface area contributed by atoms with E-state index in [1.165, 1.54) is 0 Å². The zero-order valence-electron chi connectivity index (χ0n) is 24.8. The molecule has 0 aliphatic carbocycles. The molecule has 0 unspecified atom stereocenters. The lowest BCUT2D eigenvalue weighted by atomic mass is 9.97. The van der Waals surface area contributed by atoms with E-state index in [-0.39, 0.29) is 0 Å². The molecule has 0 atom stereocenters. The summed E-state index contributed by atoms with van der Waals surface area (Å²) < 4.78 is 0. The van der Waals surface area contributed by atoms with Crippen LogP contribution in [0.5, 0.6) is 0 Å². The molecule has 0 spiro atoms. The first-order chi connectivity index (χ1) is 22.8. The van der Waals surface area contributed by atoms with Crippen LogP contribution in [0.15, 0.2) is 164 Å². The maximum Gasteiger partial charge on any atom is 0.164 e. The number of hydrogen-bond acceptors (Lipinski definition) is 5. The van der Waals surface area contributed by atoms with Crippen LogP contribution in [-0.2, 0) is 0 Å². The quantitative estimate of drug-likeness (QED) is 0.193. The van der Waals surface area contributed by atoms with Crippen LogP contribution >= 0.6 is 0 Å². The van der Waals surface area contributed by atoms with Crippen molar-refractivity contribution in [2.24, 2.45) is 0 Å². The molecule has 8 rings (SSSR count). The number of hydrogen-bond donors (Lipinski definition) is 0. The van der Waals surface area contributed by atoms with Crippen molar-refractivity contribution in [3.8, 4) is 68.1 Å². The van der Waals surface area contributed by atoms with Gasteiger partial charge < -0.3 is 0 Å². The van der Waals surface area contributed by atoms with Crippen molar-refractivity contribution in [1.82, 2.24) is 24.9 Å². The summed E-state index contributed by atoms with van der Waals surface area (Å²) in [6, 6.07) is 55.1. The highest BCUT2D eigenvalue weighted by atomic mass is 15.0. The molecule has 0 N–H and O–H groups in total. The highest BCUT2D eigenvalue weighted by Crippen LogP contribution is 2.36. The molecule has 0 fully saturated rings. The van der Waals surface area contributed by atoms with Crippen LogP contribution in [0.4, 0.5) is 0 Å². The normalized spacial score (nSPS) is 11.0. The van der Waals surface area contributed by atoms with Crippen LogP contribution in [0.2, 0.25) is 0 Å². The first-order valence-electron chi connectivity index (χ1n) is 15.2. The van der Waals surface area contributed by atoms with E-state index in [0.717, 1.165) is 55.5 Å². The van der Waals surface area contributed by atoms with Crippen molar-refractivity contribution in [3.05, 3.63) is 164 Å². The molecule has 6 aromatic carbocycles. The summed E-state index contributed by atoms with van der Waals surface area (Å²) in [7, 11) is 0. The van der Waals surface area contributed by atoms with E-state index in [4.69, 9.17) is 24.9 Å². The van der Waals surface area contributed by atoms with Gasteiger partial charge in [-0.15, -0.1) is 0 Å². The third-order valence-corrected chi connectivity index (χ3v) is 7.97. The van der Waals surface area contributed by atoms with Gasteiger partial charge in [-0.1, -0.05) is 158 Å². The second kappa shape index (κ2) is 12.0. The Labute approximate surface area is 267 Å². The average Bonchev–Trinajstić information content (AvgIpc) is 3.15. The lowest BCUT2D eigenvalue weighted by Crippen LogP contribution is -2.00. The molecule has 0 amide bonds. The first-order valence-corrected chi connectivity index (χ1v) is 15.2. The average molecular weight is 590 g/mol. The Morgan fingerprint density at radius 3 is 1.17 bits per heavy atom. The molecule has 0 radical (unpaired) electrons. The summed E-state index contributed by atoms with van der Waals surface area (Å²) in [6.45, 7) is 0. The van der Waals surface area contributed by atoms with Gasteiger partial charge in [0.15, 0.2) is 23.3 Å². The molecule has 0 aliphatic rings. The molecule has 0 aliphatic heterocycles. The van der Waals surface area contributed by atoms with E-state index in [1.54, 1.807) is 0 Å². The predicted octanol–water partition coefficient (Wildman–Crippen LogP) is 9.82. The molecule has 0 saturated heterocycles. The van der Waals surface area contributed by atoms with Gasteiger partial charge in [-0.3, -0.25) is 0 Å². The van der Waals surface area contributed by atoms with Crippen molar-refractivity contribution in [2.75, 3.05) is 0 Å². The summed E-state index contributed by atoms with van der Waals surface area (Å²) in [5.74, 6) is 2.57. The van der Waals surface area contributed by atoms with Crippen LogP contribution in [0.3, 0.4) is 0 Å². The number of aromatic nitrogens is 5. The third-order valence-electron chi connectivity index (χ3n) is 7.97. The van der Waals surface area contributed by atoms with Gasteiger partial charge in [-0.25, -0.2) is 24.9 Å². The minimum atomic E-state index is 0.619. The fourth-order valence-corrected chi connectivity index (χ4v) is 5.72. The fraction of sp³-hybridized carbons (Fsp3) is 0. The van der Waals surface area contributed by atoms with Gasteiger partial charge in [0.05, 0.1) is 11.4 Å². The predicted molar refractivity (Wildman–Crippen MR) is 186 cm³/mol. The van der Waals surface area contributed by atoms with E-state index < -0.39 is 0 Å². The molecule has 216 valence electrons. The van der Waals surface area contributed by atoms with Crippen molar-refractivity contribution >= 4 is 10.8 Å². The first kappa shape index (κ1) is 27.2. The highest BCUT2D eigenvalue weighted by molar-refractivity contribution is 6.03. The number of benzene rings is 6. The minimum absolute atomic E-state index is 0.619. The molecular weight excluding hydrogens is 562 g/mol. The maximum absolute atomic E-state index is 5.11. The molecule has 0 saturated carbocycles. The Morgan fingerprint density at radius 2 is 0.652 bits per heavy atom.